The molecule has 2 heterocycles. The van der Waals surface area contributed by atoms with E-state index in [9.17, 15) is 4.79 Å². The summed E-state index contributed by atoms with van der Waals surface area (Å²) in [5.41, 5.74) is 6.61. The largest absolute Gasteiger partial charge is 0.353 e. The molecule has 3 nitrogen and oxygen atoms in total. The zero-order chi connectivity index (χ0) is 18.4. The molecule has 2 aromatic carbocycles. The highest BCUT2D eigenvalue weighted by atomic mass is 35.5. The fourth-order valence-electron chi connectivity index (χ4n) is 3.42. The van der Waals surface area contributed by atoms with E-state index in [1.165, 1.54) is 10.5 Å². The molecule has 0 aliphatic carbocycles. The van der Waals surface area contributed by atoms with Gasteiger partial charge in [0.2, 0.25) is 0 Å². The summed E-state index contributed by atoms with van der Waals surface area (Å²) in [5, 5.41) is 1.58. The van der Waals surface area contributed by atoms with Gasteiger partial charge in [0.1, 0.15) is 0 Å². The van der Waals surface area contributed by atoms with Crippen LogP contribution in [0.25, 0.3) is 33.1 Å². The minimum Gasteiger partial charge on any atom is -0.353 e. The number of nitrogens with one attached hydrogen (secondary N) is 2. The molecular formula is C21H19ClN2OS. The van der Waals surface area contributed by atoms with Crippen molar-refractivity contribution in [1.82, 2.24) is 9.97 Å². The van der Waals surface area contributed by atoms with E-state index in [1.54, 1.807) is 0 Å². The van der Waals surface area contributed by atoms with Crippen molar-refractivity contribution in [2.24, 2.45) is 0 Å². The van der Waals surface area contributed by atoms with E-state index in [0.29, 0.717) is 10.6 Å². The van der Waals surface area contributed by atoms with E-state index < -0.39 is 0 Å². The third-order valence-electron chi connectivity index (χ3n) is 4.74. The number of H-pyrrole nitrogens is 2. The third-order valence-corrected chi connectivity index (χ3v) is 6.02. The third kappa shape index (κ3) is 2.74. The number of benzene rings is 2. The van der Waals surface area contributed by atoms with E-state index in [2.05, 4.69) is 42.0 Å². The number of hydrogen-bond donors (Lipinski definition) is 2. The number of aryl methyl sites for hydroxylation is 1. The molecule has 0 unspecified atom stereocenters. The van der Waals surface area contributed by atoms with Crippen molar-refractivity contribution >= 4 is 45.3 Å². The number of thioether (sulfide) groups is 1. The van der Waals surface area contributed by atoms with Crippen LogP contribution >= 0.6 is 23.4 Å². The Morgan fingerprint density at radius 1 is 1.04 bits per heavy atom. The van der Waals surface area contributed by atoms with Crippen LogP contribution in [0.5, 0.6) is 0 Å². The van der Waals surface area contributed by atoms with Crippen molar-refractivity contribution in [3.8, 4) is 11.1 Å². The van der Waals surface area contributed by atoms with Gasteiger partial charge >= 0.3 is 0 Å². The lowest BCUT2D eigenvalue weighted by Gasteiger charge is -2.11. The predicted octanol–water partition coefficient (Wildman–Crippen LogP) is 6.06. The first kappa shape index (κ1) is 17.3. The second-order valence-corrected chi connectivity index (χ2v) is 8.17. The SMILES string of the molecule is CCSc1cc(-c2c(C)c(=O)[nH]c3c2[nH]c2ccc(Cl)cc23)ccc1C. The van der Waals surface area contributed by atoms with Crippen molar-refractivity contribution in [3.05, 3.63) is 62.9 Å². The molecule has 0 aliphatic heterocycles. The van der Waals surface area contributed by atoms with Crippen LogP contribution in [-0.2, 0) is 0 Å². The summed E-state index contributed by atoms with van der Waals surface area (Å²) in [7, 11) is 0. The highest BCUT2D eigenvalue weighted by Gasteiger charge is 2.16. The molecule has 5 heteroatoms. The first-order chi connectivity index (χ1) is 12.5. The van der Waals surface area contributed by atoms with Gasteiger partial charge in [0.05, 0.1) is 11.0 Å². The van der Waals surface area contributed by atoms with Crippen LogP contribution in [0.1, 0.15) is 18.1 Å². The maximum atomic E-state index is 12.6. The van der Waals surface area contributed by atoms with Gasteiger partial charge in [-0.05, 0) is 55.0 Å². The quantitative estimate of drug-likeness (QED) is 0.423. The second kappa shape index (κ2) is 6.53. The number of fused-ring (bicyclic) bond motifs is 3. The van der Waals surface area contributed by atoms with Gasteiger partial charge in [-0.2, -0.15) is 0 Å². The van der Waals surface area contributed by atoms with E-state index in [1.807, 2.05) is 36.9 Å². The van der Waals surface area contributed by atoms with Gasteiger partial charge in [-0.15, -0.1) is 11.8 Å². The predicted molar refractivity (Wildman–Crippen MR) is 113 cm³/mol. The van der Waals surface area contributed by atoms with Crippen LogP contribution in [-0.4, -0.2) is 15.7 Å². The van der Waals surface area contributed by atoms with Gasteiger partial charge < -0.3 is 9.97 Å². The van der Waals surface area contributed by atoms with Gasteiger partial charge in [-0.25, -0.2) is 0 Å². The molecule has 0 saturated carbocycles. The Morgan fingerprint density at radius 2 is 1.85 bits per heavy atom. The van der Waals surface area contributed by atoms with Crippen molar-refractivity contribution in [3.63, 3.8) is 0 Å². The van der Waals surface area contributed by atoms with Gasteiger partial charge in [-0.3, -0.25) is 4.79 Å². The van der Waals surface area contributed by atoms with Crippen LogP contribution in [0, 0.1) is 13.8 Å². The van der Waals surface area contributed by atoms with Gasteiger partial charge in [0.15, 0.2) is 0 Å². The molecule has 4 aromatic rings. The van der Waals surface area contributed by atoms with Crippen LogP contribution < -0.4 is 5.56 Å². The minimum atomic E-state index is -0.0707. The Labute approximate surface area is 160 Å². The van der Waals surface area contributed by atoms with Gasteiger partial charge in [-0.1, -0.05) is 30.7 Å². The number of pyridine rings is 1. The summed E-state index contributed by atoms with van der Waals surface area (Å²) in [6, 6.07) is 12.1. The lowest BCUT2D eigenvalue weighted by Crippen LogP contribution is -2.11. The molecule has 26 heavy (non-hydrogen) atoms. The molecule has 4 rings (SSSR count). The normalized spacial score (nSPS) is 11.5. The Balaban J connectivity index is 2.09. The minimum absolute atomic E-state index is 0.0707. The number of rotatable bonds is 3. The van der Waals surface area contributed by atoms with E-state index in [4.69, 9.17) is 11.6 Å². The summed E-state index contributed by atoms with van der Waals surface area (Å²) in [6.07, 6.45) is 0. The standard InChI is InChI=1S/C21H19ClN2OS/c1-4-26-17-9-13(6-5-11(17)2)18-12(3)21(25)24-19-15-10-14(22)7-8-16(15)23-20(18)19/h5-10,23H,4H2,1-3H3,(H,24,25). The maximum absolute atomic E-state index is 12.6. The maximum Gasteiger partial charge on any atom is 0.252 e. The second-order valence-electron chi connectivity index (χ2n) is 6.43. The first-order valence-electron chi connectivity index (χ1n) is 8.57. The average Bonchev–Trinajstić information content (AvgIpc) is 2.96. The smallest absolute Gasteiger partial charge is 0.252 e. The zero-order valence-electron chi connectivity index (χ0n) is 14.9. The Bertz CT molecular complexity index is 1210. The summed E-state index contributed by atoms with van der Waals surface area (Å²) >= 11 is 7.99. The molecule has 2 aromatic heterocycles. The molecule has 0 aliphatic rings. The van der Waals surface area contributed by atoms with E-state index in [0.717, 1.165) is 38.8 Å². The summed E-state index contributed by atoms with van der Waals surface area (Å²) in [5.74, 6) is 1.01. The van der Waals surface area contributed by atoms with Crippen LogP contribution in [0.3, 0.4) is 0 Å². The molecule has 0 fully saturated rings. The summed E-state index contributed by atoms with van der Waals surface area (Å²) in [6.45, 7) is 6.14. The number of halogens is 1. The zero-order valence-corrected chi connectivity index (χ0v) is 16.4. The molecule has 0 atom stereocenters. The monoisotopic (exact) mass is 382 g/mol. The average molecular weight is 383 g/mol. The molecule has 0 spiro atoms. The lowest BCUT2D eigenvalue weighted by molar-refractivity contribution is 1.23. The van der Waals surface area contributed by atoms with E-state index in [-0.39, 0.29) is 5.56 Å². The van der Waals surface area contributed by atoms with Crippen molar-refractivity contribution in [2.75, 3.05) is 5.75 Å². The molecule has 0 radical (unpaired) electrons. The summed E-state index contributed by atoms with van der Waals surface area (Å²) < 4.78 is 0. The molecule has 0 saturated heterocycles. The number of hydrogen-bond acceptors (Lipinski definition) is 2. The first-order valence-corrected chi connectivity index (χ1v) is 9.93. The highest BCUT2D eigenvalue weighted by molar-refractivity contribution is 7.99. The lowest BCUT2D eigenvalue weighted by atomic mass is 9.99. The highest BCUT2D eigenvalue weighted by Crippen LogP contribution is 2.36. The fourth-order valence-corrected chi connectivity index (χ4v) is 4.41. The Kier molecular flexibility index (Phi) is 4.33. The fraction of sp³-hybridized carbons (Fsp3) is 0.190. The Hall–Kier alpha value is -2.17. The van der Waals surface area contributed by atoms with Gasteiger partial charge in [0, 0.05) is 31.9 Å². The molecule has 2 N–H and O–H groups in total. The van der Waals surface area contributed by atoms with Crippen molar-refractivity contribution in [2.45, 2.75) is 25.7 Å². The van der Waals surface area contributed by atoms with E-state index >= 15 is 0 Å². The van der Waals surface area contributed by atoms with Gasteiger partial charge in [0.25, 0.3) is 5.56 Å². The molecule has 0 bridgehead atoms. The molecular weight excluding hydrogens is 364 g/mol. The van der Waals surface area contributed by atoms with Crippen LogP contribution in [0.15, 0.2) is 46.1 Å². The van der Waals surface area contributed by atoms with Crippen LogP contribution in [0.4, 0.5) is 0 Å². The number of aromatic amines is 2. The topological polar surface area (TPSA) is 48.6 Å². The van der Waals surface area contributed by atoms with Crippen molar-refractivity contribution in [1.29, 1.82) is 0 Å². The Morgan fingerprint density at radius 3 is 2.62 bits per heavy atom. The number of aromatic nitrogens is 2. The van der Waals surface area contributed by atoms with Crippen molar-refractivity contribution < 1.29 is 0 Å². The molecule has 132 valence electrons. The summed E-state index contributed by atoms with van der Waals surface area (Å²) in [4.78, 5) is 20.4. The van der Waals surface area contributed by atoms with Crippen LogP contribution in [0.2, 0.25) is 5.02 Å². The molecule has 0 amide bonds.